The Morgan fingerprint density at radius 2 is 1.86 bits per heavy atom. The lowest BCUT2D eigenvalue weighted by Crippen LogP contribution is -2.43. The van der Waals surface area contributed by atoms with Crippen LogP contribution in [-0.4, -0.2) is 29.5 Å². The molecule has 0 bridgehead atoms. The summed E-state index contributed by atoms with van der Waals surface area (Å²) in [7, 11) is 0. The maximum absolute atomic E-state index is 13.8. The lowest BCUT2D eigenvalue weighted by atomic mass is 9.68. The Kier molecular flexibility index (Phi) is 6.59. The fourth-order valence-corrected chi connectivity index (χ4v) is 5.83. The van der Waals surface area contributed by atoms with Gasteiger partial charge in [0.05, 0.1) is 11.1 Å². The van der Waals surface area contributed by atoms with Gasteiger partial charge in [0.1, 0.15) is 0 Å². The first-order valence-electron chi connectivity index (χ1n) is 13.3. The summed E-state index contributed by atoms with van der Waals surface area (Å²) in [6, 6.07) is 15.8. The normalized spacial score (nSPS) is 18.3. The average molecular weight is 485 g/mol. The average Bonchev–Trinajstić information content (AvgIpc) is 2.90. The summed E-state index contributed by atoms with van der Waals surface area (Å²) in [5.74, 6) is -0.132. The standard InChI is InChI=1S/C31H36N2O3/c1-5-31(3,4)22-16-17-26-24(19-22)28(23-13-7-8-14-25(23)32-26)30(35)36-20(2)29(34)33-18-10-12-21-11-6-9-15-27(21)33/h6-9,11,13-15,20,22H,5,10,12,16-19H2,1-4H3/t20-,22+/m1/s1. The van der Waals surface area contributed by atoms with Gasteiger partial charge in [-0.05, 0) is 73.6 Å². The third-order valence-corrected chi connectivity index (χ3v) is 8.49. The number of benzene rings is 2. The largest absolute Gasteiger partial charge is 0.449 e. The second kappa shape index (κ2) is 9.68. The van der Waals surface area contributed by atoms with Crippen LogP contribution in [0, 0.1) is 11.3 Å². The number of fused-ring (bicyclic) bond motifs is 3. The van der Waals surface area contributed by atoms with Crippen LogP contribution in [0.1, 0.15) is 74.1 Å². The van der Waals surface area contributed by atoms with E-state index < -0.39 is 12.1 Å². The Morgan fingerprint density at radius 1 is 1.11 bits per heavy atom. The van der Waals surface area contributed by atoms with Crippen molar-refractivity contribution in [3.63, 3.8) is 0 Å². The highest BCUT2D eigenvalue weighted by Crippen LogP contribution is 2.41. The Morgan fingerprint density at radius 3 is 2.67 bits per heavy atom. The molecule has 0 saturated heterocycles. The zero-order chi connectivity index (χ0) is 25.4. The number of aryl methyl sites for hydroxylation is 2. The maximum atomic E-state index is 13.8. The van der Waals surface area contributed by atoms with Gasteiger partial charge in [-0.25, -0.2) is 4.79 Å². The highest BCUT2D eigenvalue weighted by atomic mass is 16.5. The lowest BCUT2D eigenvalue weighted by Gasteiger charge is -2.37. The molecule has 1 aliphatic carbocycles. The van der Waals surface area contributed by atoms with Crippen LogP contribution >= 0.6 is 0 Å². The summed E-state index contributed by atoms with van der Waals surface area (Å²) in [5.41, 5.74) is 5.65. The fourth-order valence-electron chi connectivity index (χ4n) is 5.83. The maximum Gasteiger partial charge on any atom is 0.339 e. The van der Waals surface area contributed by atoms with Crippen LogP contribution in [0.5, 0.6) is 0 Å². The van der Waals surface area contributed by atoms with Gasteiger partial charge in [-0.15, -0.1) is 0 Å². The fraction of sp³-hybridized carbons (Fsp3) is 0.452. The monoisotopic (exact) mass is 484 g/mol. The molecule has 5 rings (SSSR count). The van der Waals surface area contributed by atoms with Crippen molar-refractivity contribution in [2.75, 3.05) is 11.4 Å². The molecule has 3 aromatic rings. The molecule has 0 unspecified atom stereocenters. The first kappa shape index (κ1) is 24.5. The smallest absolute Gasteiger partial charge is 0.339 e. The molecule has 2 atom stereocenters. The number of ether oxygens (including phenoxy) is 1. The molecule has 2 aliphatic rings. The van der Waals surface area contributed by atoms with Gasteiger partial charge in [-0.2, -0.15) is 0 Å². The van der Waals surface area contributed by atoms with E-state index in [-0.39, 0.29) is 11.3 Å². The van der Waals surface area contributed by atoms with E-state index in [0.717, 1.165) is 71.9 Å². The predicted molar refractivity (Wildman–Crippen MR) is 143 cm³/mol. The number of carbonyl (C=O) groups is 2. The van der Waals surface area contributed by atoms with Crippen molar-refractivity contribution in [1.29, 1.82) is 0 Å². The molecule has 1 amide bonds. The molecule has 1 aliphatic heterocycles. The van der Waals surface area contributed by atoms with Crippen molar-refractivity contribution in [2.45, 2.75) is 72.3 Å². The Labute approximate surface area is 213 Å². The topological polar surface area (TPSA) is 59.5 Å². The zero-order valence-corrected chi connectivity index (χ0v) is 21.8. The van der Waals surface area contributed by atoms with Crippen molar-refractivity contribution in [3.8, 4) is 0 Å². The van der Waals surface area contributed by atoms with E-state index >= 15 is 0 Å². The Hall–Kier alpha value is -3.21. The molecule has 0 N–H and O–H groups in total. The summed E-state index contributed by atoms with van der Waals surface area (Å²) in [5, 5.41) is 0.805. The molecular weight excluding hydrogens is 448 g/mol. The van der Waals surface area contributed by atoms with E-state index in [0.29, 0.717) is 18.0 Å². The molecule has 0 saturated carbocycles. The zero-order valence-electron chi connectivity index (χ0n) is 21.8. The van der Waals surface area contributed by atoms with Crippen molar-refractivity contribution >= 4 is 28.5 Å². The molecule has 0 spiro atoms. The van der Waals surface area contributed by atoms with Gasteiger partial charge in [0.25, 0.3) is 5.91 Å². The highest BCUT2D eigenvalue weighted by Gasteiger charge is 2.36. The van der Waals surface area contributed by atoms with Crippen LogP contribution in [0.15, 0.2) is 48.5 Å². The van der Waals surface area contributed by atoms with Gasteiger partial charge in [0, 0.05) is 23.3 Å². The van der Waals surface area contributed by atoms with E-state index in [1.807, 2.05) is 42.5 Å². The molecule has 0 fully saturated rings. The van der Waals surface area contributed by atoms with Gasteiger partial charge in [0.15, 0.2) is 6.10 Å². The van der Waals surface area contributed by atoms with E-state index in [1.54, 1.807) is 11.8 Å². The first-order valence-corrected chi connectivity index (χ1v) is 13.3. The Balaban J connectivity index is 1.47. The summed E-state index contributed by atoms with van der Waals surface area (Å²) in [6.45, 7) is 9.18. The summed E-state index contributed by atoms with van der Waals surface area (Å²) in [4.78, 5) is 33.9. The predicted octanol–water partition coefficient (Wildman–Crippen LogP) is 6.30. The Bertz CT molecular complexity index is 1310. The van der Waals surface area contributed by atoms with Gasteiger partial charge in [0.2, 0.25) is 0 Å². The van der Waals surface area contributed by atoms with Gasteiger partial charge >= 0.3 is 5.97 Å². The number of carbonyl (C=O) groups excluding carboxylic acids is 2. The van der Waals surface area contributed by atoms with Crippen LogP contribution < -0.4 is 4.90 Å². The second-order valence-electron chi connectivity index (χ2n) is 11.0. The number of hydrogen-bond acceptors (Lipinski definition) is 4. The van der Waals surface area contributed by atoms with Crippen LogP contribution in [0.25, 0.3) is 10.9 Å². The van der Waals surface area contributed by atoms with Crippen LogP contribution in [0.3, 0.4) is 0 Å². The number of hydrogen-bond donors (Lipinski definition) is 0. The van der Waals surface area contributed by atoms with E-state index in [2.05, 4.69) is 26.8 Å². The molecule has 188 valence electrons. The summed E-state index contributed by atoms with van der Waals surface area (Å²) >= 11 is 0. The number of pyridine rings is 1. The van der Waals surface area contributed by atoms with Crippen molar-refractivity contribution in [1.82, 2.24) is 4.98 Å². The lowest BCUT2D eigenvalue weighted by molar-refractivity contribution is -0.126. The minimum Gasteiger partial charge on any atom is -0.449 e. The van der Waals surface area contributed by atoms with E-state index in [4.69, 9.17) is 9.72 Å². The number of aromatic nitrogens is 1. The quantitative estimate of drug-likeness (QED) is 0.399. The summed E-state index contributed by atoms with van der Waals surface area (Å²) < 4.78 is 5.93. The SMILES string of the molecule is CCC(C)(C)[C@H]1CCc2nc3ccccc3c(C(=O)O[C@H](C)C(=O)N3CCCc4ccccc43)c2C1. The highest BCUT2D eigenvalue weighted by molar-refractivity contribution is 6.06. The molecule has 2 aromatic carbocycles. The van der Waals surface area contributed by atoms with E-state index in [9.17, 15) is 9.59 Å². The number of esters is 1. The molecular formula is C31H36N2O3. The second-order valence-corrected chi connectivity index (χ2v) is 11.0. The van der Waals surface area contributed by atoms with Crippen LogP contribution in [0.2, 0.25) is 0 Å². The minimum absolute atomic E-state index is 0.173. The van der Waals surface area contributed by atoms with Crippen LogP contribution in [-0.2, 0) is 28.8 Å². The van der Waals surface area contributed by atoms with Gasteiger partial charge < -0.3 is 9.64 Å². The van der Waals surface area contributed by atoms with Crippen molar-refractivity contribution in [2.24, 2.45) is 11.3 Å². The molecule has 2 heterocycles. The molecule has 5 heteroatoms. The van der Waals surface area contributed by atoms with Crippen LogP contribution in [0.4, 0.5) is 5.69 Å². The first-order chi connectivity index (χ1) is 17.3. The van der Waals surface area contributed by atoms with Crippen molar-refractivity contribution < 1.29 is 14.3 Å². The molecule has 5 nitrogen and oxygen atoms in total. The number of rotatable bonds is 5. The number of anilines is 1. The van der Waals surface area contributed by atoms with E-state index in [1.165, 1.54) is 0 Å². The van der Waals surface area contributed by atoms with Gasteiger partial charge in [-0.3, -0.25) is 9.78 Å². The molecule has 0 radical (unpaired) electrons. The number of amides is 1. The minimum atomic E-state index is -0.877. The number of para-hydroxylation sites is 2. The third-order valence-electron chi connectivity index (χ3n) is 8.49. The molecule has 1 aromatic heterocycles. The van der Waals surface area contributed by atoms with Crippen molar-refractivity contribution in [3.05, 3.63) is 70.9 Å². The molecule has 36 heavy (non-hydrogen) atoms. The van der Waals surface area contributed by atoms with Gasteiger partial charge in [-0.1, -0.05) is 63.6 Å². The number of nitrogens with zero attached hydrogens (tertiary/aromatic N) is 2. The third kappa shape index (κ3) is 4.40. The summed E-state index contributed by atoms with van der Waals surface area (Å²) in [6.07, 6.45) is 4.79.